The fourth-order valence-electron chi connectivity index (χ4n) is 3.51. The lowest BCUT2D eigenvalue weighted by Gasteiger charge is -2.21. The predicted octanol–water partition coefficient (Wildman–Crippen LogP) is 3.40. The van der Waals surface area contributed by atoms with E-state index in [-0.39, 0.29) is 11.9 Å². The van der Waals surface area contributed by atoms with Crippen molar-refractivity contribution in [3.63, 3.8) is 0 Å². The molecule has 3 rings (SSSR count). The van der Waals surface area contributed by atoms with Gasteiger partial charge in [0.1, 0.15) is 5.01 Å². The number of rotatable bonds is 6. The SMILES string of the molecule is CCC(CC)c1nnc(NC(=O)c2ccc3c(c2)CC(C)N3S(C)(=O)=O)s1. The van der Waals surface area contributed by atoms with Crippen molar-refractivity contribution in [3.8, 4) is 0 Å². The van der Waals surface area contributed by atoms with Crippen LogP contribution in [0.4, 0.5) is 10.8 Å². The second kappa shape index (κ2) is 7.55. The highest BCUT2D eigenvalue weighted by molar-refractivity contribution is 7.92. The number of carbonyl (C=O) groups is 1. The molecule has 0 fully saturated rings. The van der Waals surface area contributed by atoms with Crippen LogP contribution in [0.1, 0.15) is 60.5 Å². The van der Waals surface area contributed by atoms with Crippen LogP contribution >= 0.6 is 11.3 Å². The molecule has 0 bridgehead atoms. The van der Waals surface area contributed by atoms with Gasteiger partial charge in [-0.3, -0.25) is 14.4 Å². The van der Waals surface area contributed by atoms with Crippen molar-refractivity contribution in [2.75, 3.05) is 15.9 Å². The third-order valence-electron chi connectivity index (χ3n) is 4.85. The minimum atomic E-state index is -3.34. The van der Waals surface area contributed by atoms with Crippen molar-refractivity contribution >= 4 is 38.1 Å². The molecule has 1 N–H and O–H groups in total. The van der Waals surface area contributed by atoms with Crippen LogP contribution in [-0.4, -0.2) is 36.8 Å². The zero-order valence-corrected chi connectivity index (χ0v) is 17.5. The van der Waals surface area contributed by atoms with Gasteiger partial charge in [-0.2, -0.15) is 0 Å². The summed E-state index contributed by atoms with van der Waals surface area (Å²) in [6, 6.07) is 4.95. The molecule has 2 heterocycles. The Kier molecular flexibility index (Phi) is 5.53. The normalized spacial score (nSPS) is 16.6. The number of carbonyl (C=O) groups excluding carboxylic acids is 1. The first kappa shape index (κ1) is 19.8. The van der Waals surface area contributed by atoms with Crippen molar-refractivity contribution in [3.05, 3.63) is 34.3 Å². The Balaban J connectivity index is 1.79. The Hall–Kier alpha value is -2.00. The molecule has 9 heteroatoms. The van der Waals surface area contributed by atoms with Crippen molar-refractivity contribution in [2.45, 2.75) is 52.0 Å². The third-order valence-corrected chi connectivity index (χ3v) is 7.12. The number of aromatic nitrogens is 2. The summed E-state index contributed by atoms with van der Waals surface area (Å²) in [5.74, 6) is 0.0899. The molecule has 27 heavy (non-hydrogen) atoms. The Morgan fingerprint density at radius 2 is 2.04 bits per heavy atom. The smallest absolute Gasteiger partial charge is 0.257 e. The van der Waals surface area contributed by atoms with E-state index >= 15 is 0 Å². The zero-order valence-electron chi connectivity index (χ0n) is 15.9. The van der Waals surface area contributed by atoms with E-state index in [9.17, 15) is 13.2 Å². The first-order valence-electron chi connectivity index (χ1n) is 9.01. The predicted molar refractivity (Wildman–Crippen MR) is 108 cm³/mol. The van der Waals surface area contributed by atoms with Gasteiger partial charge in [0.05, 0.1) is 11.9 Å². The van der Waals surface area contributed by atoms with Crippen LogP contribution in [-0.2, 0) is 16.4 Å². The summed E-state index contributed by atoms with van der Waals surface area (Å²) in [5, 5.41) is 12.5. The summed E-state index contributed by atoms with van der Waals surface area (Å²) in [7, 11) is -3.34. The molecule has 1 aliphatic heterocycles. The van der Waals surface area contributed by atoms with Crippen molar-refractivity contribution < 1.29 is 13.2 Å². The number of fused-ring (bicyclic) bond motifs is 1. The molecule has 1 aromatic carbocycles. The Bertz CT molecular complexity index is 951. The number of nitrogens with one attached hydrogen (secondary N) is 1. The van der Waals surface area contributed by atoms with Crippen LogP contribution in [0.2, 0.25) is 0 Å². The van der Waals surface area contributed by atoms with Gasteiger partial charge in [0.25, 0.3) is 5.91 Å². The number of amides is 1. The average molecular weight is 409 g/mol. The van der Waals surface area contributed by atoms with E-state index < -0.39 is 10.0 Å². The minimum absolute atomic E-state index is 0.154. The first-order valence-corrected chi connectivity index (χ1v) is 11.7. The summed E-state index contributed by atoms with van der Waals surface area (Å²) < 4.78 is 25.4. The van der Waals surface area contributed by atoms with Crippen LogP contribution < -0.4 is 9.62 Å². The van der Waals surface area contributed by atoms with Gasteiger partial charge in [-0.1, -0.05) is 25.2 Å². The molecule has 1 aromatic heterocycles. The highest BCUT2D eigenvalue weighted by Crippen LogP contribution is 2.35. The number of anilines is 2. The van der Waals surface area contributed by atoms with Gasteiger partial charge < -0.3 is 0 Å². The molecule has 1 amide bonds. The molecule has 1 atom stereocenters. The fraction of sp³-hybridized carbons (Fsp3) is 0.500. The van der Waals surface area contributed by atoms with Crippen LogP contribution in [0.25, 0.3) is 0 Å². The van der Waals surface area contributed by atoms with E-state index in [1.807, 2.05) is 6.92 Å². The van der Waals surface area contributed by atoms with E-state index in [4.69, 9.17) is 0 Å². The minimum Gasteiger partial charge on any atom is -0.296 e. The molecule has 0 saturated carbocycles. The van der Waals surface area contributed by atoms with Gasteiger partial charge in [0.15, 0.2) is 0 Å². The van der Waals surface area contributed by atoms with Gasteiger partial charge in [-0.15, -0.1) is 10.2 Å². The van der Waals surface area contributed by atoms with Gasteiger partial charge in [0.2, 0.25) is 15.2 Å². The van der Waals surface area contributed by atoms with Crippen molar-refractivity contribution in [1.82, 2.24) is 10.2 Å². The fourth-order valence-corrected chi connectivity index (χ4v) is 5.78. The number of hydrogen-bond acceptors (Lipinski definition) is 6. The quantitative estimate of drug-likeness (QED) is 0.791. The lowest BCUT2D eigenvalue weighted by Crippen LogP contribution is -2.34. The molecule has 146 valence electrons. The highest BCUT2D eigenvalue weighted by Gasteiger charge is 2.32. The van der Waals surface area contributed by atoms with E-state index in [1.165, 1.54) is 21.9 Å². The highest BCUT2D eigenvalue weighted by atomic mass is 32.2. The summed E-state index contributed by atoms with van der Waals surface area (Å²) in [6.07, 6.45) is 3.76. The summed E-state index contributed by atoms with van der Waals surface area (Å²) >= 11 is 1.40. The summed E-state index contributed by atoms with van der Waals surface area (Å²) in [4.78, 5) is 12.6. The monoisotopic (exact) mass is 408 g/mol. The maximum Gasteiger partial charge on any atom is 0.257 e. The molecule has 7 nitrogen and oxygen atoms in total. The Morgan fingerprint density at radius 3 is 2.67 bits per heavy atom. The molecule has 2 aromatic rings. The molecular weight excluding hydrogens is 384 g/mol. The lowest BCUT2D eigenvalue weighted by atomic mass is 10.1. The van der Waals surface area contributed by atoms with Crippen LogP contribution in [0.5, 0.6) is 0 Å². The second-order valence-corrected chi connectivity index (χ2v) is 9.74. The van der Waals surface area contributed by atoms with Gasteiger partial charge in [-0.05, 0) is 49.9 Å². The zero-order chi connectivity index (χ0) is 19.8. The van der Waals surface area contributed by atoms with E-state index in [0.29, 0.717) is 28.7 Å². The molecule has 1 aliphatic rings. The molecule has 0 aliphatic carbocycles. The number of nitrogens with zero attached hydrogens (tertiary/aromatic N) is 3. The molecule has 1 unspecified atom stereocenters. The largest absolute Gasteiger partial charge is 0.296 e. The van der Waals surface area contributed by atoms with Gasteiger partial charge >= 0.3 is 0 Å². The van der Waals surface area contributed by atoms with E-state index in [0.717, 1.165) is 23.4 Å². The van der Waals surface area contributed by atoms with Crippen LogP contribution in [0.3, 0.4) is 0 Å². The average Bonchev–Trinajstić information content (AvgIpc) is 3.18. The first-order chi connectivity index (χ1) is 12.7. The number of hydrogen-bond donors (Lipinski definition) is 1. The molecular formula is C18H24N4O3S2. The van der Waals surface area contributed by atoms with Crippen LogP contribution in [0, 0.1) is 0 Å². The topological polar surface area (TPSA) is 92.3 Å². The molecule has 0 radical (unpaired) electrons. The maximum absolute atomic E-state index is 12.6. The summed E-state index contributed by atoms with van der Waals surface area (Å²) in [6.45, 7) is 6.08. The lowest BCUT2D eigenvalue weighted by molar-refractivity contribution is 0.102. The van der Waals surface area contributed by atoms with E-state index in [1.54, 1.807) is 18.2 Å². The second-order valence-electron chi connectivity index (χ2n) is 6.87. The van der Waals surface area contributed by atoms with Crippen LogP contribution in [0.15, 0.2) is 18.2 Å². The standard InChI is InChI=1S/C18H24N4O3S2/c1-5-12(6-2)17-20-21-18(26-17)19-16(23)13-7-8-15-14(10-13)9-11(3)22(15)27(4,24)25/h7-8,10-12H,5-6,9H2,1-4H3,(H,19,21,23). The van der Waals surface area contributed by atoms with Crippen molar-refractivity contribution in [1.29, 1.82) is 0 Å². The Morgan fingerprint density at radius 1 is 1.33 bits per heavy atom. The maximum atomic E-state index is 12.6. The van der Waals surface area contributed by atoms with Gasteiger partial charge in [-0.25, -0.2) is 8.42 Å². The summed E-state index contributed by atoms with van der Waals surface area (Å²) in [5.41, 5.74) is 1.99. The molecule has 0 spiro atoms. The van der Waals surface area contributed by atoms with E-state index in [2.05, 4.69) is 29.4 Å². The third kappa shape index (κ3) is 3.98. The van der Waals surface area contributed by atoms with Gasteiger partial charge in [0, 0.05) is 17.5 Å². The molecule has 0 saturated heterocycles. The number of benzene rings is 1. The number of sulfonamides is 1. The Labute approximate surface area is 163 Å². The van der Waals surface area contributed by atoms with Crippen molar-refractivity contribution in [2.24, 2.45) is 0 Å².